The summed E-state index contributed by atoms with van der Waals surface area (Å²) in [7, 11) is -3.68. The third kappa shape index (κ3) is 4.60. The van der Waals surface area contributed by atoms with Gasteiger partial charge in [0, 0.05) is 18.2 Å². The Kier molecular flexibility index (Phi) is 5.38. The van der Waals surface area contributed by atoms with Gasteiger partial charge in [-0.25, -0.2) is 13.1 Å². The molecule has 2 aromatic carbocycles. The number of benzene rings is 2. The maximum atomic E-state index is 12.5. The molecule has 0 bridgehead atoms. The minimum absolute atomic E-state index is 0.0879. The summed E-state index contributed by atoms with van der Waals surface area (Å²) < 4.78 is 32.4. The first kappa shape index (κ1) is 18.8. The van der Waals surface area contributed by atoms with Crippen molar-refractivity contribution in [2.45, 2.75) is 25.3 Å². The molecule has 3 rings (SSSR count). The number of nitrogens with one attached hydrogen (secondary N) is 2. The van der Waals surface area contributed by atoms with E-state index in [0.717, 1.165) is 11.1 Å². The monoisotopic (exact) mass is 385 g/mol. The molecule has 7 nitrogen and oxygen atoms in total. The van der Waals surface area contributed by atoms with Crippen LogP contribution in [-0.4, -0.2) is 19.5 Å². The Morgan fingerprint density at radius 2 is 1.78 bits per heavy atom. The summed E-state index contributed by atoms with van der Waals surface area (Å²) in [5.41, 5.74) is 2.23. The van der Waals surface area contributed by atoms with Crippen LogP contribution in [0.1, 0.15) is 27.2 Å². The van der Waals surface area contributed by atoms with Crippen LogP contribution in [0.3, 0.4) is 0 Å². The molecule has 1 aromatic heterocycles. The van der Waals surface area contributed by atoms with E-state index in [9.17, 15) is 13.2 Å². The minimum atomic E-state index is -3.68. The smallest absolute Gasteiger partial charge is 0.256 e. The fraction of sp³-hybridized carbons (Fsp3) is 0.158. The van der Waals surface area contributed by atoms with Crippen LogP contribution in [0.5, 0.6) is 0 Å². The van der Waals surface area contributed by atoms with Crippen molar-refractivity contribution < 1.29 is 17.7 Å². The van der Waals surface area contributed by atoms with Gasteiger partial charge in [0.15, 0.2) is 5.82 Å². The standard InChI is InChI=1S/C19H19N3O4S/c1-13-5-3-4-6-16(13)12-20-27(24,25)17-9-7-15(8-10-17)19(23)21-18-11-14(2)26-22-18/h3-11,20H,12H2,1-2H3,(H,21,22,23). The van der Waals surface area contributed by atoms with Crippen molar-refractivity contribution in [1.82, 2.24) is 9.88 Å². The molecule has 3 aromatic rings. The fourth-order valence-corrected chi connectivity index (χ4v) is 3.47. The molecule has 1 amide bonds. The second-order valence-corrected chi connectivity index (χ2v) is 7.82. The maximum Gasteiger partial charge on any atom is 0.256 e. The number of aryl methyl sites for hydroxylation is 2. The molecule has 0 aliphatic heterocycles. The van der Waals surface area contributed by atoms with E-state index in [0.29, 0.717) is 17.1 Å². The van der Waals surface area contributed by atoms with Crippen LogP contribution in [-0.2, 0) is 16.6 Å². The Hall–Kier alpha value is -2.97. The van der Waals surface area contributed by atoms with E-state index in [2.05, 4.69) is 15.2 Å². The average molecular weight is 385 g/mol. The first-order valence-corrected chi connectivity index (χ1v) is 9.72. The zero-order chi connectivity index (χ0) is 19.4. The van der Waals surface area contributed by atoms with Gasteiger partial charge >= 0.3 is 0 Å². The highest BCUT2D eigenvalue weighted by Crippen LogP contribution is 2.14. The number of carbonyl (C=O) groups is 1. The third-order valence-corrected chi connectivity index (χ3v) is 5.43. The van der Waals surface area contributed by atoms with Gasteiger partial charge in [-0.15, -0.1) is 0 Å². The summed E-state index contributed by atoms with van der Waals surface area (Å²) in [5.74, 6) is 0.473. The lowest BCUT2D eigenvalue weighted by Gasteiger charge is -2.09. The lowest BCUT2D eigenvalue weighted by Crippen LogP contribution is -2.23. The van der Waals surface area contributed by atoms with Crippen LogP contribution in [0.15, 0.2) is 64.0 Å². The SMILES string of the molecule is Cc1cc(NC(=O)c2ccc(S(=O)(=O)NCc3ccccc3C)cc2)no1. The molecule has 0 saturated heterocycles. The summed E-state index contributed by atoms with van der Waals surface area (Å²) in [4.78, 5) is 12.3. The Labute approximate surface area is 157 Å². The lowest BCUT2D eigenvalue weighted by atomic mass is 10.1. The quantitative estimate of drug-likeness (QED) is 0.679. The number of rotatable bonds is 6. The van der Waals surface area contributed by atoms with Crippen molar-refractivity contribution in [3.63, 3.8) is 0 Å². The van der Waals surface area contributed by atoms with Gasteiger partial charge in [0.25, 0.3) is 5.91 Å². The topological polar surface area (TPSA) is 101 Å². The van der Waals surface area contributed by atoms with E-state index in [1.54, 1.807) is 13.0 Å². The first-order valence-electron chi connectivity index (χ1n) is 8.24. The van der Waals surface area contributed by atoms with Crippen molar-refractivity contribution >= 4 is 21.7 Å². The van der Waals surface area contributed by atoms with E-state index in [1.807, 2.05) is 31.2 Å². The number of nitrogens with zero attached hydrogens (tertiary/aromatic N) is 1. The van der Waals surface area contributed by atoms with Crippen molar-refractivity contribution in [2.75, 3.05) is 5.32 Å². The van der Waals surface area contributed by atoms with Gasteiger partial charge in [0.1, 0.15) is 5.76 Å². The van der Waals surface area contributed by atoms with Crippen molar-refractivity contribution in [2.24, 2.45) is 0 Å². The Morgan fingerprint density at radius 1 is 1.07 bits per heavy atom. The highest BCUT2D eigenvalue weighted by molar-refractivity contribution is 7.89. The molecular weight excluding hydrogens is 366 g/mol. The molecule has 0 radical (unpaired) electrons. The lowest BCUT2D eigenvalue weighted by molar-refractivity contribution is 0.102. The molecule has 0 saturated carbocycles. The molecule has 0 aliphatic rings. The molecule has 1 heterocycles. The number of carbonyl (C=O) groups excluding carboxylic acids is 1. The summed E-state index contributed by atoms with van der Waals surface area (Å²) in [6.45, 7) is 3.84. The van der Waals surface area contributed by atoms with Gasteiger partial charge < -0.3 is 9.84 Å². The molecule has 2 N–H and O–H groups in total. The minimum Gasteiger partial charge on any atom is -0.360 e. The molecule has 140 valence electrons. The van der Waals surface area contributed by atoms with E-state index in [-0.39, 0.29) is 11.4 Å². The van der Waals surface area contributed by atoms with Gasteiger partial charge in [-0.05, 0) is 49.2 Å². The average Bonchev–Trinajstić information content (AvgIpc) is 3.06. The number of hydrogen-bond acceptors (Lipinski definition) is 5. The molecule has 0 spiro atoms. The van der Waals surface area contributed by atoms with E-state index >= 15 is 0 Å². The largest absolute Gasteiger partial charge is 0.360 e. The van der Waals surface area contributed by atoms with Crippen LogP contribution in [0.4, 0.5) is 5.82 Å². The highest BCUT2D eigenvalue weighted by Gasteiger charge is 2.16. The molecule has 0 atom stereocenters. The van der Waals surface area contributed by atoms with Crippen LogP contribution in [0.25, 0.3) is 0 Å². The molecular formula is C19H19N3O4S. The second kappa shape index (κ2) is 7.73. The molecule has 0 unspecified atom stereocenters. The van der Waals surface area contributed by atoms with Gasteiger partial charge in [-0.2, -0.15) is 0 Å². The number of sulfonamides is 1. The number of anilines is 1. The van der Waals surface area contributed by atoms with Crippen LogP contribution in [0, 0.1) is 13.8 Å². The number of hydrogen-bond donors (Lipinski definition) is 2. The Balaban J connectivity index is 1.68. The van der Waals surface area contributed by atoms with Gasteiger partial charge in [0.2, 0.25) is 10.0 Å². The first-order chi connectivity index (χ1) is 12.8. The molecule has 0 fully saturated rings. The van der Waals surface area contributed by atoms with E-state index < -0.39 is 15.9 Å². The van der Waals surface area contributed by atoms with Crippen molar-refractivity contribution in [3.05, 3.63) is 77.0 Å². The van der Waals surface area contributed by atoms with Crippen molar-refractivity contribution in [1.29, 1.82) is 0 Å². The van der Waals surface area contributed by atoms with Gasteiger partial charge in [0.05, 0.1) is 4.90 Å². The second-order valence-electron chi connectivity index (χ2n) is 6.05. The zero-order valence-electron chi connectivity index (χ0n) is 14.9. The number of aromatic nitrogens is 1. The maximum absolute atomic E-state index is 12.5. The van der Waals surface area contributed by atoms with E-state index in [4.69, 9.17) is 4.52 Å². The summed E-state index contributed by atoms with van der Waals surface area (Å²) >= 11 is 0. The fourth-order valence-electron chi connectivity index (χ4n) is 2.46. The predicted octanol–water partition coefficient (Wildman–Crippen LogP) is 3.02. The molecule has 0 aliphatic carbocycles. The third-order valence-electron chi connectivity index (χ3n) is 4.01. The Bertz CT molecular complexity index is 1060. The van der Waals surface area contributed by atoms with Crippen LogP contribution < -0.4 is 10.0 Å². The summed E-state index contributed by atoms with van der Waals surface area (Å²) in [6, 6.07) is 14.8. The summed E-state index contributed by atoms with van der Waals surface area (Å²) in [5, 5.41) is 6.27. The zero-order valence-corrected chi connectivity index (χ0v) is 15.7. The molecule has 8 heteroatoms. The normalized spacial score (nSPS) is 11.3. The Morgan fingerprint density at radius 3 is 2.41 bits per heavy atom. The van der Waals surface area contributed by atoms with Crippen molar-refractivity contribution in [3.8, 4) is 0 Å². The van der Waals surface area contributed by atoms with E-state index in [1.165, 1.54) is 24.3 Å². The van der Waals surface area contributed by atoms with Crippen LogP contribution in [0.2, 0.25) is 0 Å². The van der Waals surface area contributed by atoms with Gasteiger partial charge in [-0.3, -0.25) is 4.79 Å². The summed E-state index contributed by atoms with van der Waals surface area (Å²) in [6.07, 6.45) is 0. The van der Waals surface area contributed by atoms with Gasteiger partial charge in [-0.1, -0.05) is 29.4 Å². The predicted molar refractivity (Wildman–Crippen MR) is 101 cm³/mol. The number of amides is 1. The highest BCUT2D eigenvalue weighted by atomic mass is 32.2. The van der Waals surface area contributed by atoms with Crippen LogP contribution >= 0.6 is 0 Å². The molecule has 27 heavy (non-hydrogen) atoms.